The number of carbonyl (C=O) groups is 3. The Balaban J connectivity index is 4.20. The highest BCUT2D eigenvalue weighted by Crippen LogP contribution is 2.17. The number of carboxylic acid groups (broad SMARTS) is 1. The summed E-state index contributed by atoms with van der Waals surface area (Å²) in [4.78, 5) is 37.3. The Hall–Kier alpha value is -3.27. The molecule has 0 heterocycles. The minimum Gasteiger partial charge on any atom is -0.545 e. The van der Waals surface area contributed by atoms with E-state index in [1.807, 2.05) is 21.1 Å². The van der Waals surface area contributed by atoms with Crippen LogP contribution in [0.25, 0.3) is 0 Å². The molecule has 0 aromatic carbocycles. The van der Waals surface area contributed by atoms with Crippen molar-refractivity contribution in [1.29, 1.82) is 0 Å². The number of hydrogen-bond acceptors (Lipinski definition) is 8. The molecule has 434 valence electrons. The Kier molecular flexibility index (Phi) is 54.4. The lowest BCUT2D eigenvalue weighted by Gasteiger charge is -2.26. The molecule has 0 aliphatic carbocycles. The van der Waals surface area contributed by atoms with Gasteiger partial charge in [0, 0.05) is 12.8 Å². The maximum absolute atomic E-state index is 12.8. The van der Waals surface area contributed by atoms with Crippen LogP contribution in [-0.2, 0) is 33.3 Å². The molecule has 2 unspecified atom stereocenters. The largest absolute Gasteiger partial charge is 0.545 e. The molecule has 0 N–H and O–H groups in total. The topological polar surface area (TPSA) is 111 Å². The predicted octanol–water partition coefficient (Wildman–Crippen LogP) is 17.2. The van der Waals surface area contributed by atoms with Crippen LogP contribution in [-0.4, -0.2) is 82.3 Å². The third-order valence-corrected chi connectivity index (χ3v) is 13.5. The molecular formula is C66H117NO8. The van der Waals surface area contributed by atoms with Gasteiger partial charge in [-0.2, -0.15) is 0 Å². The van der Waals surface area contributed by atoms with Crippen molar-refractivity contribution in [3.05, 3.63) is 72.9 Å². The molecule has 0 aliphatic heterocycles. The number of hydrogen-bond donors (Lipinski definition) is 0. The van der Waals surface area contributed by atoms with Crippen LogP contribution in [0.3, 0.4) is 0 Å². The monoisotopic (exact) mass is 1050 g/mol. The second kappa shape index (κ2) is 56.9. The molecule has 0 fully saturated rings. The fourth-order valence-electron chi connectivity index (χ4n) is 8.72. The van der Waals surface area contributed by atoms with Gasteiger partial charge in [-0.3, -0.25) is 9.59 Å². The van der Waals surface area contributed by atoms with Gasteiger partial charge in [-0.15, -0.1) is 0 Å². The molecule has 0 aliphatic rings. The maximum atomic E-state index is 12.8. The SMILES string of the molecule is CC/C=C\C/C=C\C/C=C\C/C=C\C/C=C\C/C=C\CCCCC(=O)OC(COC(=O)CCCCCCCCCCCCCCCCCCCCCCCCCCCCCCC)COC(OCC[N+](C)(C)C)C(=O)[O-]. The lowest BCUT2D eigenvalue weighted by Crippen LogP contribution is -2.44. The van der Waals surface area contributed by atoms with Crippen molar-refractivity contribution in [2.45, 2.75) is 283 Å². The molecule has 75 heavy (non-hydrogen) atoms. The van der Waals surface area contributed by atoms with E-state index in [4.69, 9.17) is 18.9 Å². The van der Waals surface area contributed by atoms with Gasteiger partial charge in [0.05, 0.1) is 40.3 Å². The number of carbonyl (C=O) groups excluding carboxylic acids is 3. The van der Waals surface area contributed by atoms with Crippen LogP contribution < -0.4 is 5.11 Å². The highest BCUT2D eigenvalue weighted by Gasteiger charge is 2.22. The molecule has 9 nitrogen and oxygen atoms in total. The minimum atomic E-state index is -1.64. The summed E-state index contributed by atoms with van der Waals surface area (Å²) in [7, 11) is 5.91. The van der Waals surface area contributed by atoms with E-state index >= 15 is 0 Å². The third kappa shape index (κ3) is 58.3. The standard InChI is InChI=1S/C66H117NO8/c1-6-8-10-12-14-16-18-20-22-24-26-28-29-30-31-32-33-34-35-37-38-40-42-44-46-48-50-52-54-56-63(68)73-60-62(61-74-66(65(70)71)72-59-58-67(3,4)5)75-64(69)57-55-53-51-49-47-45-43-41-39-36-27-25-23-21-19-17-15-13-11-9-7-2/h9,11,15,17,21,23,27,36,41,43,47,49,62,66H,6-8,10,12-14,16,18-20,22,24-26,28-35,37-40,42,44-46,48,50-61H2,1-5H3/b11-9-,17-15-,23-21-,36-27-,43-41-,49-47-. The van der Waals surface area contributed by atoms with E-state index in [2.05, 4.69) is 86.8 Å². The number of likely N-dealkylation sites (N-methyl/N-ethyl adjacent to an activating group) is 1. The average Bonchev–Trinajstić information content (AvgIpc) is 3.38. The Morgan fingerprint density at radius 3 is 1.13 bits per heavy atom. The fraction of sp³-hybridized carbons (Fsp3) is 0.773. The Morgan fingerprint density at radius 2 is 0.760 bits per heavy atom. The maximum Gasteiger partial charge on any atom is 0.306 e. The number of quaternary nitrogens is 1. The second-order valence-electron chi connectivity index (χ2n) is 22.0. The first kappa shape index (κ1) is 71.7. The van der Waals surface area contributed by atoms with Crippen molar-refractivity contribution < 1.29 is 42.9 Å². The van der Waals surface area contributed by atoms with E-state index in [1.54, 1.807) is 0 Å². The van der Waals surface area contributed by atoms with Gasteiger partial charge in [0.2, 0.25) is 0 Å². The summed E-state index contributed by atoms with van der Waals surface area (Å²) in [6, 6.07) is 0. The van der Waals surface area contributed by atoms with Crippen LogP contribution in [0, 0.1) is 0 Å². The Morgan fingerprint density at radius 1 is 0.413 bits per heavy atom. The van der Waals surface area contributed by atoms with Crippen molar-refractivity contribution in [2.75, 3.05) is 47.5 Å². The first-order valence-electron chi connectivity index (χ1n) is 31.1. The number of unbranched alkanes of at least 4 members (excludes halogenated alkanes) is 30. The summed E-state index contributed by atoms with van der Waals surface area (Å²) in [5, 5.41) is 11.8. The molecule has 0 rings (SSSR count). The molecule has 0 radical (unpaired) electrons. The van der Waals surface area contributed by atoms with Crippen molar-refractivity contribution in [3.8, 4) is 0 Å². The summed E-state index contributed by atoms with van der Waals surface area (Å²) in [5.74, 6) is -2.34. The van der Waals surface area contributed by atoms with Crippen molar-refractivity contribution in [3.63, 3.8) is 0 Å². The Labute approximate surface area is 462 Å². The summed E-state index contributed by atoms with van der Waals surface area (Å²) in [5.41, 5.74) is 0. The van der Waals surface area contributed by atoms with Crippen molar-refractivity contribution in [1.82, 2.24) is 0 Å². The fourth-order valence-corrected chi connectivity index (χ4v) is 8.72. The summed E-state index contributed by atoms with van der Waals surface area (Å²) >= 11 is 0. The van der Waals surface area contributed by atoms with Gasteiger partial charge < -0.3 is 33.3 Å². The summed E-state index contributed by atoms with van der Waals surface area (Å²) in [6.45, 7) is 4.61. The highest BCUT2D eigenvalue weighted by atomic mass is 16.7. The zero-order chi connectivity index (χ0) is 54.8. The van der Waals surface area contributed by atoms with E-state index in [1.165, 1.54) is 167 Å². The van der Waals surface area contributed by atoms with Gasteiger partial charge >= 0.3 is 11.9 Å². The quantitative estimate of drug-likeness (QED) is 0.0195. The zero-order valence-corrected chi connectivity index (χ0v) is 49.4. The molecule has 0 saturated carbocycles. The molecule has 0 bridgehead atoms. The first-order chi connectivity index (χ1) is 36.6. The molecule has 0 aromatic rings. The number of nitrogens with zero attached hydrogens (tertiary/aromatic N) is 1. The second-order valence-corrected chi connectivity index (χ2v) is 22.0. The van der Waals surface area contributed by atoms with Crippen LogP contribution in [0.15, 0.2) is 72.9 Å². The number of allylic oxidation sites excluding steroid dienone is 12. The summed E-state index contributed by atoms with van der Waals surface area (Å²) < 4.78 is 22.7. The van der Waals surface area contributed by atoms with Gasteiger partial charge in [-0.25, -0.2) is 0 Å². The first-order valence-corrected chi connectivity index (χ1v) is 31.1. The van der Waals surface area contributed by atoms with Crippen molar-refractivity contribution in [2.24, 2.45) is 0 Å². The molecule has 0 spiro atoms. The highest BCUT2D eigenvalue weighted by molar-refractivity contribution is 5.70. The van der Waals surface area contributed by atoms with Gasteiger partial charge in [0.1, 0.15) is 13.2 Å². The van der Waals surface area contributed by atoms with Gasteiger partial charge in [-0.1, -0.05) is 267 Å². The van der Waals surface area contributed by atoms with E-state index in [0.29, 0.717) is 17.4 Å². The number of rotatable bonds is 57. The van der Waals surface area contributed by atoms with Crippen LogP contribution in [0.1, 0.15) is 271 Å². The average molecular weight is 1050 g/mol. The summed E-state index contributed by atoms with van der Waals surface area (Å²) in [6.07, 6.45) is 71.2. The van der Waals surface area contributed by atoms with E-state index < -0.39 is 24.3 Å². The normalized spacial score (nSPS) is 13.2. The molecule has 2 atom stereocenters. The van der Waals surface area contributed by atoms with E-state index in [0.717, 1.165) is 70.6 Å². The predicted molar refractivity (Wildman–Crippen MR) is 315 cm³/mol. The van der Waals surface area contributed by atoms with E-state index in [9.17, 15) is 19.5 Å². The lowest BCUT2D eigenvalue weighted by molar-refractivity contribution is -0.870. The van der Waals surface area contributed by atoms with Gasteiger partial charge in [-0.05, 0) is 64.2 Å². The minimum absolute atomic E-state index is 0.137. The number of esters is 2. The van der Waals surface area contributed by atoms with Crippen LogP contribution >= 0.6 is 0 Å². The van der Waals surface area contributed by atoms with Gasteiger partial charge in [0.15, 0.2) is 12.4 Å². The van der Waals surface area contributed by atoms with Crippen LogP contribution in [0.4, 0.5) is 0 Å². The van der Waals surface area contributed by atoms with Crippen molar-refractivity contribution >= 4 is 17.9 Å². The van der Waals surface area contributed by atoms with Crippen LogP contribution in [0.2, 0.25) is 0 Å². The molecule has 0 aromatic heterocycles. The molecule has 0 amide bonds. The van der Waals surface area contributed by atoms with E-state index in [-0.39, 0.29) is 38.6 Å². The third-order valence-electron chi connectivity index (χ3n) is 13.5. The Bertz CT molecular complexity index is 1460. The lowest BCUT2D eigenvalue weighted by atomic mass is 10.0. The number of carboxylic acids is 1. The molecular weight excluding hydrogens is 935 g/mol. The van der Waals surface area contributed by atoms with Gasteiger partial charge in [0.25, 0.3) is 0 Å². The zero-order valence-electron chi connectivity index (χ0n) is 49.4. The molecule has 9 heteroatoms. The smallest absolute Gasteiger partial charge is 0.306 e. The van der Waals surface area contributed by atoms with Crippen LogP contribution in [0.5, 0.6) is 0 Å². The number of aliphatic carboxylic acids is 1. The molecule has 0 saturated heterocycles. The number of ether oxygens (including phenoxy) is 4.